The first kappa shape index (κ1) is 10.8. The van der Waals surface area contributed by atoms with Gasteiger partial charge >= 0.3 is 0 Å². The Hall–Kier alpha value is -1.28. The summed E-state index contributed by atoms with van der Waals surface area (Å²) in [6.45, 7) is 3.10. The van der Waals surface area contributed by atoms with Crippen molar-refractivity contribution in [3.8, 4) is 5.75 Å². The molecule has 0 spiro atoms. The van der Waals surface area contributed by atoms with Crippen LogP contribution >= 0.6 is 0 Å². The second-order valence-corrected chi connectivity index (χ2v) is 4.89. The summed E-state index contributed by atoms with van der Waals surface area (Å²) in [6.07, 6.45) is 7.07. The van der Waals surface area contributed by atoms with Crippen LogP contribution in [-0.2, 0) is 12.8 Å². The Morgan fingerprint density at radius 2 is 2.29 bits per heavy atom. The lowest BCUT2D eigenvalue weighted by Gasteiger charge is -2.15. The summed E-state index contributed by atoms with van der Waals surface area (Å²) in [7, 11) is 0. The lowest BCUT2D eigenvalue weighted by molar-refractivity contribution is 0.357. The zero-order valence-electron chi connectivity index (χ0n) is 10.2. The fourth-order valence-electron chi connectivity index (χ4n) is 2.58. The molecule has 2 aliphatic heterocycles. The van der Waals surface area contributed by atoms with Gasteiger partial charge in [-0.2, -0.15) is 0 Å². The van der Waals surface area contributed by atoms with Crippen molar-refractivity contribution in [1.82, 2.24) is 5.32 Å². The highest BCUT2D eigenvalue weighted by molar-refractivity contribution is 5.40. The molecule has 2 heterocycles. The monoisotopic (exact) mass is 229 g/mol. The summed E-state index contributed by atoms with van der Waals surface area (Å²) in [4.78, 5) is 0. The third-order valence-electron chi connectivity index (χ3n) is 3.58. The summed E-state index contributed by atoms with van der Waals surface area (Å²) >= 11 is 0. The van der Waals surface area contributed by atoms with Crippen molar-refractivity contribution in [2.45, 2.75) is 25.7 Å². The second kappa shape index (κ2) is 4.92. The van der Waals surface area contributed by atoms with Crippen molar-refractivity contribution in [3.63, 3.8) is 0 Å². The van der Waals surface area contributed by atoms with Gasteiger partial charge in [0.25, 0.3) is 0 Å². The highest BCUT2D eigenvalue weighted by atomic mass is 16.5. The summed E-state index contributed by atoms with van der Waals surface area (Å²) in [5.74, 6) is 1.08. The molecule has 2 aliphatic rings. The van der Waals surface area contributed by atoms with Crippen molar-refractivity contribution >= 4 is 0 Å². The third kappa shape index (κ3) is 2.52. The first-order chi connectivity index (χ1) is 8.42. The van der Waals surface area contributed by atoms with Crippen LogP contribution in [0.5, 0.6) is 5.75 Å². The Balaban J connectivity index is 1.68. The Morgan fingerprint density at radius 3 is 3.18 bits per heavy atom. The van der Waals surface area contributed by atoms with Crippen LogP contribution in [0.3, 0.4) is 0 Å². The van der Waals surface area contributed by atoms with Crippen LogP contribution in [0, 0.1) is 0 Å². The van der Waals surface area contributed by atoms with E-state index in [9.17, 15) is 0 Å². The van der Waals surface area contributed by atoms with E-state index in [1.165, 1.54) is 30.5 Å². The van der Waals surface area contributed by atoms with E-state index in [2.05, 4.69) is 29.6 Å². The quantitative estimate of drug-likeness (QED) is 0.787. The molecule has 0 unspecified atom stereocenters. The highest BCUT2D eigenvalue weighted by Crippen LogP contribution is 2.26. The normalized spacial score (nSPS) is 21.3. The van der Waals surface area contributed by atoms with E-state index in [1.807, 2.05) is 0 Å². The van der Waals surface area contributed by atoms with Gasteiger partial charge in [-0.15, -0.1) is 0 Å². The summed E-state index contributed by atoms with van der Waals surface area (Å²) in [5.41, 5.74) is 4.35. The van der Waals surface area contributed by atoms with Gasteiger partial charge in [-0.1, -0.05) is 23.8 Å². The molecule has 0 radical (unpaired) electrons. The van der Waals surface area contributed by atoms with E-state index >= 15 is 0 Å². The minimum Gasteiger partial charge on any atom is -0.493 e. The fraction of sp³-hybridized carbons (Fsp3) is 0.467. The lowest BCUT2D eigenvalue weighted by atomic mass is 10.0. The number of ether oxygens (including phenoxy) is 1. The third-order valence-corrected chi connectivity index (χ3v) is 3.58. The topological polar surface area (TPSA) is 21.3 Å². The molecule has 0 saturated carbocycles. The number of piperidine rings is 1. The van der Waals surface area contributed by atoms with Gasteiger partial charge in [0, 0.05) is 13.0 Å². The SMILES string of the molecule is C(Cc1ccc2c(c1)CCO2)=C1CCCNC1. The van der Waals surface area contributed by atoms with Crippen molar-refractivity contribution in [1.29, 1.82) is 0 Å². The minimum atomic E-state index is 0.851. The van der Waals surface area contributed by atoms with Crippen molar-refractivity contribution < 1.29 is 4.74 Å². The molecule has 0 amide bonds. The molecule has 1 saturated heterocycles. The van der Waals surface area contributed by atoms with Gasteiger partial charge in [-0.3, -0.25) is 0 Å². The van der Waals surface area contributed by atoms with Crippen LogP contribution in [0.2, 0.25) is 0 Å². The van der Waals surface area contributed by atoms with Gasteiger partial charge < -0.3 is 10.1 Å². The van der Waals surface area contributed by atoms with Gasteiger partial charge in [0.15, 0.2) is 0 Å². The number of hydrogen-bond acceptors (Lipinski definition) is 2. The molecule has 2 heteroatoms. The standard InChI is InChI=1S/C15H19NO/c1-2-13(11-16-8-1)4-3-12-5-6-15-14(10-12)7-9-17-15/h4-6,10,16H,1-3,7-9,11H2. The Bertz CT molecular complexity index is 429. The van der Waals surface area contributed by atoms with Gasteiger partial charge in [-0.05, 0) is 43.0 Å². The largest absolute Gasteiger partial charge is 0.493 e. The molecule has 17 heavy (non-hydrogen) atoms. The summed E-state index contributed by atoms with van der Waals surface area (Å²) < 4.78 is 5.52. The molecule has 2 nitrogen and oxygen atoms in total. The minimum absolute atomic E-state index is 0.851. The summed E-state index contributed by atoms with van der Waals surface area (Å²) in [6, 6.07) is 6.61. The second-order valence-electron chi connectivity index (χ2n) is 4.89. The molecule has 0 aliphatic carbocycles. The molecular formula is C15H19NO. The van der Waals surface area contributed by atoms with Gasteiger partial charge in [0.1, 0.15) is 5.75 Å². The highest BCUT2D eigenvalue weighted by Gasteiger charge is 2.11. The molecule has 1 aromatic carbocycles. The molecule has 0 aromatic heterocycles. The number of allylic oxidation sites excluding steroid dienone is 1. The first-order valence-electron chi connectivity index (χ1n) is 6.55. The van der Waals surface area contributed by atoms with Gasteiger partial charge in [0.05, 0.1) is 6.61 Å². The summed E-state index contributed by atoms with van der Waals surface area (Å²) in [5, 5.41) is 3.42. The van der Waals surface area contributed by atoms with E-state index in [4.69, 9.17) is 4.74 Å². The number of rotatable bonds is 2. The van der Waals surface area contributed by atoms with Crippen molar-refractivity contribution in [3.05, 3.63) is 41.0 Å². The van der Waals surface area contributed by atoms with Crippen LogP contribution in [-0.4, -0.2) is 19.7 Å². The molecule has 3 rings (SSSR count). The Labute approximate surface area is 103 Å². The molecule has 90 valence electrons. The van der Waals surface area contributed by atoms with E-state index in [1.54, 1.807) is 5.57 Å². The zero-order valence-corrected chi connectivity index (χ0v) is 10.2. The van der Waals surface area contributed by atoms with Crippen LogP contribution in [0.25, 0.3) is 0 Å². The Kier molecular flexibility index (Phi) is 3.14. The van der Waals surface area contributed by atoms with Crippen LogP contribution < -0.4 is 10.1 Å². The van der Waals surface area contributed by atoms with Crippen molar-refractivity contribution in [2.75, 3.05) is 19.7 Å². The maximum Gasteiger partial charge on any atom is 0.122 e. The fourth-order valence-corrected chi connectivity index (χ4v) is 2.58. The number of benzene rings is 1. The Morgan fingerprint density at radius 1 is 1.29 bits per heavy atom. The van der Waals surface area contributed by atoms with Crippen LogP contribution in [0.4, 0.5) is 0 Å². The lowest BCUT2D eigenvalue weighted by Crippen LogP contribution is -2.23. The van der Waals surface area contributed by atoms with Crippen LogP contribution in [0.15, 0.2) is 29.8 Å². The molecule has 0 bridgehead atoms. The molecular weight excluding hydrogens is 210 g/mol. The average Bonchev–Trinajstić information content (AvgIpc) is 2.85. The molecule has 0 atom stereocenters. The van der Waals surface area contributed by atoms with Crippen LogP contribution in [0.1, 0.15) is 24.0 Å². The first-order valence-corrected chi connectivity index (χ1v) is 6.55. The number of hydrogen-bond donors (Lipinski definition) is 1. The van der Waals surface area contributed by atoms with E-state index < -0.39 is 0 Å². The molecule has 1 fully saturated rings. The van der Waals surface area contributed by atoms with Gasteiger partial charge in [-0.25, -0.2) is 0 Å². The van der Waals surface area contributed by atoms with E-state index in [-0.39, 0.29) is 0 Å². The molecule has 1 aromatic rings. The average molecular weight is 229 g/mol. The maximum absolute atomic E-state index is 5.52. The maximum atomic E-state index is 5.52. The smallest absolute Gasteiger partial charge is 0.122 e. The predicted octanol–water partition coefficient (Wildman–Crippen LogP) is 2.47. The zero-order chi connectivity index (χ0) is 11.5. The predicted molar refractivity (Wildman–Crippen MR) is 69.5 cm³/mol. The van der Waals surface area contributed by atoms with E-state index in [0.29, 0.717) is 0 Å². The van der Waals surface area contributed by atoms with E-state index in [0.717, 1.165) is 31.7 Å². The van der Waals surface area contributed by atoms with Crippen molar-refractivity contribution in [2.24, 2.45) is 0 Å². The molecule has 1 N–H and O–H groups in total. The number of nitrogens with one attached hydrogen (secondary N) is 1. The number of fused-ring (bicyclic) bond motifs is 1. The van der Waals surface area contributed by atoms with Gasteiger partial charge in [0.2, 0.25) is 0 Å².